The van der Waals surface area contributed by atoms with Crippen LogP contribution in [0.5, 0.6) is 0 Å². The van der Waals surface area contributed by atoms with E-state index >= 15 is 0 Å². The summed E-state index contributed by atoms with van der Waals surface area (Å²) in [6.45, 7) is 1.77. The largest absolute Gasteiger partial charge is 0.759 e. The molecule has 11 heteroatoms. The van der Waals surface area contributed by atoms with Crippen molar-refractivity contribution in [3.8, 4) is 0 Å². The number of carbonyl (C=O) groups excluding carboxylic acids is 2. The number of hydrogen-bond acceptors (Lipinski definition) is 5. The molecule has 2 aromatic carbocycles. The van der Waals surface area contributed by atoms with Crippen molar-refractivity contribution in [1.82, 2.24) is 14.7 Å². The maximum Gasteiger partial charge on any atom is 0.248 e. The summed E-state index contributed by atoms with van der Waals surface area (Å²) in [6.07, 6.45) is 4.74. The number of anilines is 1. The predicted octanol–water partition coefficient (Wildman–Crippen LogP) is 3.72. The van der Waals surface area contributed by atoms with Crippen LogP contribution in [0.15, 0.2) is 48.5 Å². The van der Waals surface area contributed by atoms with Gasteiger partial charge in [0.1, 0.15) is 18.4 Å². The second-order valence-electron chi connectivity index (χ2n) is 9.21. The molecule has 2 amide bonds. The molecule has 1 aliphatic carbocycles. The summed E-state index contributed by atoms with van der Waals surface area (Å²) in [7, 11) is 0. The van der Waals surface area contributed by atoms with Crippen molar-refractivity contribution in [1.29, 1.82) is 0 Å². The van der Waals surface area contributed by atoms with Crippen LogP contribution >= 0.6 is 11.6 Å². The van der Waals surface area contributed by atoms with Crippen LogP contribution in [0.1, 0.15) is 50.6 Å². The van der Waals surface area contributed by atoms with Crippen LogP contribution < -0.4 is 10.2 Å². The summed E-state index contributed by atoms with van der Waals surface area (Å²) in [5.41, 5.74) is 0.485. The van der Waals surface area contributed by atoms with Gasteiger partial charge >= 0.3 is 0 Å². The molecular formula is C25H29ClFN4O4S-. The van der Waals surface area contributed by atoms with Crippen LogP contribution in [0.3, 0.4) is 0 Å². The van der Waals surface area contributed by atoms with Gasteiger partial charge in [0, 0.05) is 46.2 Å². The van der Waals surface area contributed by atoms with E-state index < -0.39 is 41.5 Å². The van der Waals surface area contributed by atoms with Gasteiger partial charge in [0.15, 0.2) is 0 Å². The van der Waals surface area contributed by atoms with Gasteiger partial charge in [-0.1, -0.05) is 55.1 Å². The van der Waals surface area contributed by atoms with Crippen LogP contribution in [0.25, 0.3) is 0 Å². The van der Waals surface area contributed by atoms with E-state index in [0.29, 0.717) is 12.1 Å². The van der Waals surface area contributed by atoms with Crippen molar-refractivity contribution in [2.24, 2.45) is 0 Å². The van der Waals surface area contributed by atoms with E-state index in [0.717, 1.165) is 47.5 Å². The van der Waals surface area contributed by atoms with E-state index in [1.54, 1.807) is 24.3 Å². The molecule has 1 heterocycles. The highest BCUT2D eigenvalue weighted by atomic mass is 35.5. The summed E-state index contributed by atoms with van der Waals surface area (Å²) in [4.78, 5) is 28.7. The molecule has 3 unspecified atom stereocenters. The number of carbonyl (C=O) groups is 2. The highest BCUT2D eigenvalue weighted by Gasteiger charge is 2.40. The zero-order valence-electron chi connectivity index (χ0n) is 19.9. The monoisotopic (exact) mass is 535 g/mol. The molecule has 36 heavy (non-hydrogen) atoms. The molecule has 1 N–H and O–H groups in total. The molecule has 2 aliphatic rings. The van der Waals surface area contributed by atoms with Crippen molar-refractivity contribution < 1.29 is 22.7 Å². The number of benzene rings is 2. The molecule has 0 bridgehead atoms. The first-order valence-corrected chi connectivity index (χ1v) is 13.4. The van der Waals surface area contributed by atoms with Gasteiger partial charge in [0.05, 0.1) is 0 Å². The fraction of sp³-hybridized carbons (Fsp3) is 0.440. The van der Waals surface area contributed by atoms with E-state index in [1.165, 1.54) is 23.2 Å². The van der Waals surface area contributed by atoms with Crippen molar-refractivity contribution >= 4 is 40.4 Å². The van der Waals surface area contributed by atoms with E-state index in [2.05, 4.69) is 5.32 Å². The summed E-state index contributed by atoms with van der Waals surface area (Å²) in [6, 6.07) is 10.7. The second-order valence-corrected chi connectivity index (χ2v) is 10.5. The Labute approximate surface area is 217 Å². The molecule has 0 spiro atoms. The lowest BCUT2D eigenvalue weighted by atomic mass is 9.94. The van der Waals surface area contributed by atoms with Crippen LogP contribution in [0.4, 0.5) is 10.1 Å². The number of nitrogens with one attached hydrogen (secondary N) is 1. The van der Waals surface area contributed by atoms with Gasteiger partial charge in [-0.25, -0.2) is 9.40 Å². The van der Waals surface area contributed by atoms with Gasteiger partial charge in [0.2, 0.25) is 11.8 Å². The molecule has 2 aromatic rings. The molecular weight excluding hydrogens is 507 g/mol. The Balaban J connectivity index is 1.75. The Kier molecular flexibility index (Phi) is 8.74. The first-order valence-electron chi connectivity index (χ1n) is 12.0. The lowest BCUT2D eigenvalue weighted by Crippen LogP contribution is -2.50. The first kappa shape index (κ1) is 26.7. The zero-order chi connectivity index (χ0) is 25.8. The minimum absolute atomic E-state index is 0.0349. The standard InChI is InChI=1S/C25H30ClFN4O4S/c1-17-15-29(17)30(36(34)35)16-23(32)31(20-11-7-8-18(27)14-20)24(21-12-5-6-13-22(21)26)25(33)28-19-9-3-2-4-10-19/h5-8,11-14,17,19,24H,2-4,9-10,15-16H2,1H3,(H,28,33)(H,34,35)/p-1/t17-,24?,29?/m0/s1. The Morgan fingerprint density at radius 3 is 2.50 bits per heavy atom. The van der Waals surface area contributed by atoms with E-state index in [1.807, 2.05) is 6.92 Å². The molecule has 0 radical (unpaired) electrons. The van der Waals surface area contributed by atoms with Gasteiger partial charge in [-0.2, -0.15) is 4.41 Å². The predicted molar refractivity (Wildman–Crippen MR) is 135 cm³/mol. The number of hydrogen-bond donors (Lipinski definition) is 1. The van der Waals surface area contributed by atoms with E-state index in [9.17, 15) is 22.7 Å². The third-order valence-corrected chi connectivity index (χ3v) is 7.60. The summed E-state index contributed by atoms with van der Waals surface area (Å²) < 4.78 is 39.1. The van der Waals surface area contributed by atoms with Gasteiger partial charge in [-0.15, -0.1) is 0 Å². The van der Waals surface area contributed by atoms with E-state index in [-0.39, 0.29) is 22.8 Å². The van der Waals surface area contributed by atoms with Crippen LogP contribution in [-0.4, -0.2) is 55.2 Å². The minimum atomic E-state index is -2.71. The zero-order valence-corrected chi connectivity index (χ0v) is 21.5. The molecule has 1 saturated heterocycles. The highest BCUT2D eigenvalue weighted by Crippen LogP contribution is 2.34. The topological polar surface area (TPSA) is 95.8 Å². The molecule has 2 fully saturated rings. The summed E-state index contributed by atoms with van der Waals surface area (Å²) in [5, 5.41) is 4.84. The number of nitrogens with zero attached hydrogens (tertiary/aromatic N) is 3. The fourth-order valence-corrected chi connectivity index (χ4v) is 5.49. The van der Waals surface area contributed by atoms with Crippen molar-refractivity contribution in [3.63, 3.8) is 0 Å². The molecule has 4 atom stereocenters. The average Bonchev–Trinajstić information content (AvgIpc) is 3.57. The van der Waals surface area contributed by atoms with Crippen molar-refractivity contribution in [2.75, 3.05) is 18.0 Å². The Morgan fingerprint density at radius 1 is 1.19 bits per heavy atom. The maximum absolute atomic E-state index is 14.3. The van der Waals surface area contributed by atoms with Crippen LogP contribution in [0.2, 0.25) is 5.02 Å². The molecule has 0 aromatic heterocycles. The molecule has 194 valence electrons. The number of amides is 2. The Bertz CT molecular complexity index is 1130. The first-order chi connectivity index (χ1) is 17.3. The summed E-state index contributed by atoms with van der Waals surface area (Å²) >= 11 is 3.79. The molecule has 1 aliphatic heterocycles. The number of halogens is 2. The van der Waals surface area contributed by atoms with Gasteiger partial charge in [-0.05, 0) is 44.0 Å². The van der Waals surface area contributed by atoms with Crippen molar-refractivity contribution in [3.05, 3.63) is 64.9 Å². The van der Waals surface area contributed by atoms with Crippen LogP contribution in [0, 0.1) is 5.82 Å². The lowest BCUT2D eigenvalue weighted by Gasteiger charge is -2.35. The van der Waals surface area contributed by atoms with Gasteiger partial charge in [-0.3, -0.25) is 18.7 Å². The highest BCUT2D eigenvalue weighted by molar-refractivity contribution is 7.76. The average molecular weight is 536 g/mol. The number of hydrazine groups is 1. The quantitative estimate of drug-likeness (QED) is 0.390. The molecule has 1 saturated carbocycles. The van der Waals surface area contributed by atoms with Gasteiger partial charge in [0.25, 0.3) is 0 Å². The number of rotatable bonds is 9. The Hall–Kier alpha value is -2.37. The van der Waals surface area contributed by atoms with E-state index in [4.69, 9.17) is 11.6 Å². The SMILES string of the molecule is C[C@H]1CN1N(CC(=O)N(c1cccc(F)c1)C(C(=O)NC1CCCCC1)c1ccccc1Cl)S(=O)[O-]. The lowest BCUT2D eigenvalue weighted by molar-refractivity contribution is -0.127. The Morgan fingerprint density at radius 2 is 1.89 bits per heavy atom. The maximum atomic E-state index is 14.3. The molecule has 8 nitrogen and oxygen atoms in total. The molecule has 4 rings (SSSR count). The third kappa shape index (κ3) is 6.30. The fourth-order valence-electron chi connectivity index (χ4n) is 4.64. The van der Waals surface area contributed by atoms with Crippen molar-refractivity contribution in [2.45, 2.75) is 57.2 Å². The summed E-state index contributed by atoms with van der Waals surface area (Å²) in [5.74, 6) is -1.74. The van der Waals surface area contributed by atoms with Gasteiger partial charge < -0.3 is 9.87 Å². The third-order valence-electron chi connectivity index (χ3n) is 6.57. The minimum Gasteiger partial charge on any atom is -0.759 e. The van der Waals surface area contributed by atoms with Crippen LogP contribution in [-0.2, 0) is 20.9 Å². The second kappa shape index (κ2) is 11.8. The smallest absolute Gasteiger partial charge is 0.248 e. The normalized spacial score (nSPS) is 21.6.